The van der Waals surface area contributed by atoms with Gasteiger partial charge in [-0.05, 0) is 25.3 Å². The summed E-state index contributed by atoms with van der Waals surface area (Å²) in [4.78, 5) is 15.2. The molecule has 0 aromatic carbocycles. The van der Waals surface area contributed by atoms with Gasteiger partial charge < -0.3 is 15.4 Å². The SMILES string of the molecule is COC1(CC(=O)N(C)Cc2cc(C#CCN)cs2)CCC1. The molecule has 0 atom stereocenters. The van der Waals surface area contributed by atoms with Crippen LogP contribution in [0.25, 0.3) is 0 Å². The molecule has 5 heteroatoms. The van der Waals surface area contributed by atoms with Crippen LogP contribution in [-0.2, 0) is 16.1 Å². The predicted octanol–water partition coefficient (Wildman–Crippen LogP) is 1.98. The summed E-state index contributed by atoms with van der Waals surface area (Å²) in [7, 11) is 3.55. The lowest BCUT2D eigenvalue weighted by atomic mass is 9.77. The molecule has 1 aromatic rings. The summed E-state index contributed by atoms with van der Waals surface area (Å²) >= 11 is 1.62. The fraction of sp³-hybridized carbons (Fsp3) is 0.562. The second-order valence-electron chi connectivity index (χ2n) is 5.47. The van der Waals surface area contributed by atoms with Gasteiger partial charge in [-0.25, -0.2) is 0 Å². The highest BCUT2D eigenvalue weighted by Gasteiger charge is 2.39. The van der Waals surface area contributed by atoms with Gasteiger partial charge in [-0.2, -0.15) is 0 Å². The van der Waals surface area contributed by atoms with E-state index in [9.17, 15) is 4.79 Å². The van der Waals surface area contributed by atoms with Crippen LogP contribution in [0.1, 0.15) is 36.1 Å². The lowest BCUT2D eigenvalue weighted by Gasteiger charge is -2.40. The van der Waals surface area contributed by atoms with E-state index >= 15 is 0 Å². The van der Waals surface area contributed by atoms with Gasteiger partial charge in [0.2, 0.25) is 5.91 Å². The summed E-state index contributed by atoms with van der Waals surface area (Å²) in [5.74, 6) is 5.98. The van der Waals surface area contributed by atoms with Gasteiger partial charge in [-0.15, -0.1) is 11.3 Å². The van der Waals surface area contributed by atoms with Crippen LogP contribution in [0.2, 0.25) is 0 Å². The zero-order valence-electron chi connectivity index (χ0n) is 12.6. The summed E-state index contributed by atoms with van der Waals surface area (Å²) in [6.45, 7) is 0.982. The maximum atomic E-state index is 12.3. The van der Waals surface area contributed by atoms with Crippen molar-refractivity contribution in [3.63, 3.8) is 0 Å². The Kier molecular flexibility index (Phi) is 5.40. The number of hydrogen-bond acceptors (Lipinski definition) is 4. The molecule has 0 spiro atoms. The molecule has 0 unspecified atom stereocenters. The van der Waals surface area contributed by atoms with E-state index in [1.54, 1.807) is 23.3 Å². The van der Waals surface area contributed by atoms with Crippen molar-refractivity contribution in [3.05, 3.63) is 21.9 Å². The number of ether oxygens (including phenoxy) is 1. The third kappa shape index (κ3) is 4.07. The Morgan fingerprint density at radius 2 is 2.33 bits per heavy atom. The number of carbonyl (C=O) groups is 1. The topological polar surface area (TPSA) is 55.6 Å². The predicted molar refractivity (Wildman–Crippen MR) is 84.9 cm³/mol. The van der Waals surface area contributed by atoms with E-state index in [1.807, 2.05) is 18.5 Å². The monoisotopic (exact) mass is 306 g/mol. The Morgan fingerprint density at radius 3 is 2.90 bits per heavy atom. The molecule has 1 fully saturated rings. The minimum Gasteiger partial charge on any atom is -0.378 e. The van der Waals surface area contributed by atoms with E-state index < -0.39 is 0 Å². The first-order valence-electron chi connectivity index (χ1n) is 7.14. The van der Waals surface area contributed by atoms with Gasteiger partial charge >= 0.3 is 0 Å². The molecule has 1 aromatic heterocycles. The molecule has 21 heavy (non-hydrogen) atoms. The molecule has 1 aliphatic carbocycles. The van der Waals surface area contributed by atoms with Gasteiger partial charge in [-0.1, -0.05) is 11.8 Å². The lowest BCUT2D eigenvalue weighted by Crippen LogP contribution is -2.44. The fourth-order valence-corrected chi connectivity index (χ4v) is 3.31. The molecule has 0 aliphatic heterocycles. The van der Waals surface area contributed by atoms with Crippen molar-refractivity contribution in [1.82, 2.24) is 4.90 Å². The smallest absolute Gasteiger partial charge is 0.225 e. The first-order chi connectivity index (χ1) is 10.1. The Balaban J connectivity index is 1.89. The van der Waals surface area contributed by atoms with Crippen molar-refractivity contribution >= 4 is 17.2 Å². The molecular formula is C16H22N2O2S. The van der Waals surface area contributed by atoms with Gasteiger partial charge in [0.05, 0.1) is 25.1 Å². The van der Waals surface area contributed by atoms with E-state index in [-0.39, 0.29) is 11.5 Å². The van der Waals surface area contributed by atoms with E-state index in [2.05, 4.69) is 11.8 Å². The zero-order valence-corrected chi connectivity index (χ0v) is 13.5. The van der Waals surface area contributed by atoms with Crippen molar-refractivity contribution in [3.8, 4) is 11.8 Å². The maximum Gasteiger partial charge on any atom is 0.225 e. The van der Waals surface area contributed by atoms with Crippen molar-refractivity contribution in [2.45, 2.75) is 37.8 Å². The molecule has 0 radical (unpaired) electrons. The minimum atomic E-state index is -0.210. The molecule has 1 aliphatic rings. The maximum absolute atomic E-state index is 12.3. The van der Waals surface area contributed by atoms with E-state index in [1.165, 1.54) is 0 Å². The van der Waals surface area contributed by atoms with Crippen LogP contribution in [0, 0.1) is 11.8 Å². The molecule has 0 saturated heterocycles. The van der Waals surface area contributed by atoms with Gasteiger partial charge in [0.1, 0.15) is 0 Å². The molecular weight excluding hydrogens is 284 g/mol. The van der Waals surface area contributed by atoms with Crippen molar-refractivity contribution in [2.24, 2.45) is 5.73 Å². The van der Waals surface area contributed by atoms with Crippen LogP contribution in [0.3, 0.4) is 0 Å². The molecule has 1 amide bonds. The Morgan fingerprint density at radius 1 is 1.57 bits per heavy atom. The van der Waals surface area contributed by atoms with Gasteiger partial charge in [0, 0.05) is 30.0 Å². The number of hydrogen-bond donors (Lipinski definition) is 1. The largest absolute Gasteiger partial charge is 0.378 e. The summed E-state index contributed by atoms with van der Waals surface area (Å²) in [6.07, 6.45) is 3.60. The molecule has 2 rings (SSSR count). The molecule has 114 valence electrons. The molecule has 4 nitrogen and oxygen atoms in total. The van der Waals surface area contributed by atoms with Crippen LogP contribution < -0.4 is 5.73 Å². The number of nitrogens with two attached hydrogens (primary N) is 1. The number of thiophene rings is 1. The third-order valence-corrected chi connectivity index (χ3v) is 4.90. The highest BCUT2D eigenvalue weighted by Crippen LogP contribution is 2.38. The van der Waals surface area contributed by atoms with E-state index in [0.29, 0.717) is 19.5 Å². The highest BCUT2D eigenvalue weighted by molar-refractivity contribution is 7.10. The van der Waals surface area contributed by atoms with Gasteiger partial charge in [-0.3, -0.25) is 4.79 Å². The summed E-state index contributed by atoms with van der Waals surface area (Å²) in [5.41, 5.74) is 6.12. The van der Waals surface area contributed by atoms with Crippen LogP contribution in [0.4, 0.5) is 0 Å². The highest BCUT2D eigenvalue weighted by atomic mass is 32.1. The quantitative estimate of drug-likeness (QED) is 0.846. The van der Waals surface area contributed by atoms with Crippen LogP contribution >= 0.6 is 11.3 Å². The van der Waals surface area contributed by atoms with E-state index in [0.717, 1.165) is 29.7 Å². The Labute approximate surface area is 130 Å². The molecule has 2 N–H and O–H groups in total. The lowest BCUT2D eigenvalue weighted by molar-refractivity contribution is -0.143. The Bertz CT molecular complexity index is 547. The molecule has 1 saturated carbocycles. The average Bonchev–Trinajstić information content (AvgIpc) is 2.87. The van der Waals surface area contributed by atoms with Gasteiger partial charge in [0.25, 0.3) is 0 Å². The summed E-state index contributed by atoms with van der Waals surface area (Å²) < 4.78 is 5.52. The van der Waals surface area contributed by atoms with Gasteiger partial charge in [0.15, 0.2) is 0 Å². The van der Waals surface area contributed by atoms with Crippen molar-refractivity contribution < 1.29 is 9.53 Å². The normalized spacial score (nSPS) is 15.8. The van der Waals surface area contributed by atoms with Crippen LogP contribution in [0.15, 0.2) is 11.4 Å². The Hall–Kier alpha value is -1.35. The van der Waals surface area contributed by atoms with Crippen molar-refractivity contribution in [2.75, 3.05) is 20.7 Å². The summed E-state index contributed by atoms with van der Waals surface area (Å²) in [5, 5.41) is 2.00. The number of rotatable bonds is 5. The standard InChI is InChI=1S/C16H22N2O2S/c1-18(15(19)10-16(20-2)6-4-7-16)11-14-9-13(12-21-14)5-3-8-17/h9,12H,4,6-8,10-11,17H2,1-2H3. The molecule has 0 bridgehead atoms. The average molecular weight is 306 g/mol. The second kappa shape index (κ2) is 7.08. The van der Waals surface area contributed by atoms with Crippen LogP contribution in [-0.4, -0.2) is 37.1 Å². The van der Waals surface area contributed by atoms with Crippen LogP contribution in [0.5, 0.6) is 0 Å². The fourth-order valence-electron chi connectivity index (χ4n) is 2.44. The minimum absolute atomic E-state index is 0.138. The second-order valence-corrected chi connectivity index (χ2v) is 6.47. The first-order valence-corrected chi connectivity index (χ1v) is 8.02. The summed E-state index contributed by atoms with van der Waals surface area (Å²) in [6, 6.07) is 2.02. The third-order valence-electron chi connectivity index (χ3n) is 3.98. The van der Waals surface area contributed by atoms with Crippen molar-refractivity contribution in [1.29, 1.82) is 0 Å². The zero-order chi connectivity index (χ0) is 15.3. The number of amides is 1. The first kappa shape index (κ1) is 16.0. The number of carbonyl (C=O) groups excluding carboxylic acids is 1. The van der Waals surface area contributed by atoms with E-state index in [4.69, 9.17) is 10.5 Å². The number of methoxy groups -OCH3 is 1. The number of nitrogens with zero attached hydrogens (tertiary/aromatic N) is 1. The molecule has 1 heterocycles.